The smallest absolute Gasteiger partial charge is 0.403 e. The van der Waals surface area contributed by atoms with Gasteiger partial charge in [0.25, 0.3) is 0 Å². The van der Waals surface area contributed by atoms with Gasteiger partial charge in [0.2, 0.25) is 0 Å². The van der Waals surface area contributed by atoms with Crippen LogP contribution in [0, 0.1) is 23.3 Å². The number of rotatable bonds is 12. The van der Waals surface area contributed by atoms with Gasteiger partial charge in [0.15, 0.2) is 11.6 Å². The minimum atomic E-state index is -5.00. The second-order valence-corrected chi connectivity index (χ2v) is 10.3. The summed E-state index contributed by atoms with van der Waals surface area (Å²) in [4.78, 5) is 0. The number of hydrogen-bond donors (Lipinski definition) is 0. The van der Waals surface area contributed by atoms with Crippen LogP contribution in [0.15, 0.2) is 60.7 Å². The van der Waals surface area contributed by atoms with E-state index in [9.17, 15) is 26.3 Å². The lowest BCUT2D eigenvalue weighted by Gasteiger charge is -2.12. The van der Waals surface area contributed by atoms with Crippen LogP contribution >= 0.6 is 0 Å². The quantitative estimate of drug-likeness (QED) is 0.120. The molecule has 0 saturated heterocycles. The summed E-state index contributed by atoms with van der Waals surface area (Å²) in [5.74, 6) is -3.61. The Hall–Kier alpha value is -3.55. The van der Waals surface area contributed by atoms with Crippen molar-refractivity contribution in [2.24, 2.45) is 0 Å². The number of halogens is 7. The third kappa shape index (κ3) is 8.24. The number of aryl methyl sites for hydroxylation is 4. The number of alkyl halides is 3. The van der Waals surface area contributed by atoms with Crippen molar-refractivity contribution in [2.45, 2.75) is 71.1 Å². The van der Waals surface area contributed by atoms with Crippen LogP contribution in [-0.4, -0.2) is 6.36 Å². The van der Waals surface area contributed by atoms with Crippen molar-refractivity contribution < 1.29 is 35.5 Å². The zero-order chi connectivity index (χ0) is 29.6. The van der Waals surface area contributed by atoms with Gasteiger partial charge in [0.05, 0.1) is 0 Å². The van der Waals surface area contributed by atoms with Crippen molar-refractivity contribution in [1.82, 2.24) is 0 Å². The molecule has 4 rings (SSSR count). The fourth-order valence-electron chi connectivity index (χ4n) is 4.99. The summed E-state index contributed by atoms with van der Waals surface area (Å²) < 4.78 is 99.3. The third-order valence-electron chi connectivity index (χ3n) is 7.19. The molecule has 4 aromatic rings. The van der Waals surface area contributed by atoms with Gasteiger partial charge in [-0.25, -0.2) is 17.6 Å². The van der Waals surface area contributed by atoms with Crippen LogP contribution < -0.4 is 4.74 Å². The Labute approximate surface area is 235 Å². The lowest BCUT2D eigenvalue weighted by atomic mass is 9.96. The SMILES string of the molecule is CCCCCCc1cc(F)c(CCc2ccc3c(F)c(CCc4ccc(OC(F)(F)F)c(F)c4)ccc3c2)c(F)c1. The maximum absolute atomic E-state index is 15.2. The first kappa shape index (κ1) is 30.4. The molecule has 0 heterocycles. The third-order valence-corrected chi connectivity index (χ3v) is 7.19. The van der Waals surface area contributed by atoms with Gasteiger partial charge in [0, 0.05) is 10.9 Å². The second-order valence-electron chi connectivity index (χ2n) is 10.3. The average Bonchev–Trinajstić information content (AvgIpc) is 2.91. The van der Waals surface area contributed by atoms with Gasteiger partial charge in [0.1, 0.15) is 17.5 Å². The molecule has 0 fully saturated rings. The van der Waals surface area contributed by atoms with Gasteiger partial charge in [-0.1, -0.05) is 62.6 Å². The Morgan fingerprint density at radius 2 is 1.27 bits per heavy atom. The van der Waals surface area contributed by atoms with Gasteiger partial charge in [-0.15, -0.1) is 13.2 Å². The molecule has 0 amide bonds. The molecule has 0 aliphatic heterocycles. The van der Waals surface area contributed by atoms with E-state index in [4.69, 9.17) is 0 Å². The summed E-state index contributed by atoms with van der Waals surface area (Å²) in [6.07, 6.45) is 0.728. The number of ether oxygens (including phenoxy) is 1. The molecule has 0 saturated carbocycles. The first-order chi connectivity index (χ1) is 19.5. The highest BCUT2D eigenvalue weighted by molar-refractivity contribution is 5.84. The molecule has 0 radical (unpaired) electrons. The first-order valence-corrected chi connectivity index (χ1v) is 13.7. The summed E-state index contributed by atoms with van der Waals surface area (Å²) in [7, 11) is 0. The Morgan fingerprint density at radius 1 is 0.610 bits per heavy atom. The summed E-state index contributed by atoms with van der Waals surface area (Å²) in [6.45, 7) is 2.11. The molecule has 0 bridgehead atoms. The number of unbranched alkanes of at least 4 members (excludes halogenated alkanes) is 3. The highest BCUT2D eigenvalue weighted by atomic mass is 19.4. The van der Waals surface area contributed by atoms with Crippen molar-refractivity contribution >= 4 is 10.8 Å². The van der Waals surface area contributed by atoms with Crippen molar-refractivity contribution in [2.75, 3.05) is 0 Å². The van der Waals surface area contributed by atoms with Gasteiger partial charge < -0.3 is 4.74 Å². The molecule has 218 valence electrons. The van der Waals surface area contributed by atoms with Crippen LogP contribution in [0.25, 0.3) is 10.8 Å². The molecule has 0 atom stereocenters. The Morgan fingerprint density at radius 3 is 1.95 bits per heavy atom. The van der Waals surface area contributed by atoms with E-state index in [1.807, 2.05) is 0 Å². The van der Waals surface area contributed by atoms with Crippen LogP contribution in [0.3, 0.4) is 0 Å². The van der Waals surface area contributed by atoms with E-state index >= 15 is 4.39 Å². The van der Waals surface area contributed by atoms with Crippen molar-refractivity contribution in [1.29, 1.82) is 0 Å². The lowest BCUT2D eigenvalue weighted by molar-refractivity contribution is -0.275. The fourth-order valence-corrected chi connectivity index (χ4v) is 4.99. The van der Waals surface area contributed by atoms with Crippen molar-refractivity contribution in [3.05, 3.63) is 112 Å². The van der Waals surface area contributed by atoms with Crippen molar-refractivity contribution in [3.8, 4) is 5.75 Å². The van der Waals surface area contributed by atoms with E-state index in [1.54, 1.807) is 30.3 Å². The normalized spacial score (nSPS) is 11.8. The Bertz CT molecular complexity index is 1470. The van der Waals surface area contributed by atoms with Crippen LogP contribution in [0.2, 0.25) is 0 Å². The molecular formula is C33H31F7O. The van der Waals surface area contributed by atoms with Crippen molar-refractivity contribution in [3.63, 3.8) is 0 Å². The minimum absolute atomic E-state index is 0.0402. The number of fused-ring (bicyclic) bond motifs is 1. The molecule has 41 heavy (non-hydrogen) atoms. The van der Waals surface area contributed by atoms with Crippen LogP contribution in [0.1, 0.15) is 60.4 Å². The highest BCUT2D eigenvalue weighted by Gasteiger charge is 2.32. The van der Waals surface area contributed by atoms with E-state index in [1.165, 1.54) is 18.2 Å². The zero-order valence-electron chi connectivity index (χ0n) is 22.7. The van der Waals surface area contributed by atoms with Gasteiger partial charge in [-0.3, -0.25) is 0 Å². The Balaban J connectivity index is 1.39. The van der Waals surface area contributed by atoms with E-state index in [0.29, 0.717) is 40.3 Å². The molecule has 4 aromatic carbocycles. The zero-order valence-corrected chi connectivity index (χ0v) is 22.7. The van der Waals surface area contributed by atoms with E-state index < -0.39 is 35.4 Å². The standard InChI is InChI=1S/C33H31F7O/c1-2-3-4-5-6-23-19-28(34)27(29(35)20-23)15-9-21-8-14-26-25(17-21)13-12-24(32(26)37)11-7-22-10-16-31(30(36)18-22)41-33(38,39)40/h8,10,12-14,16-20H,2-7,9,11,15H2,1H3. The maximum atomic E-state index is 15.2. The highest BCUT2D eigenvalue weighted by Crippen LogP contribution is 2.28. The molecule has 1 nitrogen and oxygen atoms in total. The molecule has 0 aromatic heterocycles. The number of benzene rings is 4. The number of hydrogen-bond acceptors (Lipinski definition) is 1. The maximum Gasteiger partial charge on any atom is 0.573 e. The predicted octanol–water partition coefficient (Wildman–Crippen LogP) is 9.99. The average molecular weight is 577 g/mol. The topological polar surface area (TPSA) is 9.23 Å². The molecule has 0 spiro atoms. The molecule has 0 aliphatic rings. The molecule has 8 heteroatoms. The van der Waals surface area contributed by atoms with Gasteiger partial charge >= 0.3 is 6.36 Å². The minimum Gasteiger partial charge on any atom is -0.403 e. The summed E-state index contributed by atoms with van der Waals surface area (Å²) in [6, 6.07) is 14.5. The summed E-state index contributed by atoms with van der Waals surface area (Å²) in [5.41, 5.74) is 2.28. The molecule has 0 N–H and O–H groups in total. The van der Waals surface area contributed by atoms with Gasteiger partial charge in [-0.2, -0.15) is 0 Å². The fraction of sp³-hybridized carbons (Fsp3) is 0.333. The van der Waals surface area contributed by atoms with E-state index in [0.717, 1.165) is 43.4 Å². The predicted molar refractivity (Wildman–Crippen MR) is 146 cm³/mol. The largest absolute Gasteiger partial charge is 0.573 e. The van der Waals surface area contributed by atoms with Crippen LogP contribution in [0.5, 0.6) is 5.75 Å². The first-order valence-electron chi connectivity index (χ1n) is 13.7. The Kier molecular flexibility index (Phi) is 9.94. The van der Waals surface area contributed by atoms with E-state index in [2.05, 4.69) is 11.7 Å². The summed E-state index contributed by atoms with van der Waals surface area (Å²) in [5, 5.41) is 1.00. The molecule has 0 unspecified atom stereocenters. The molecular weight excluding hydrogens is 545 g/mol. The van der Waals surface area contributed by atoms with E-state index in [-0.39, 0.29) is 24.8 Å². The second kappa shape index (κ2) is 13.4. The van der Waals surface area contributed by atoms with Crippen LogP contribution in [-0.2, 0) is 32.1 Å². The lowest BCUT2D eigenvalue weighted by Crippen LogP contribution is -2.18. The van der Waals surface area contributed by atoms with Gasteiger partial charge in [-0.05, 0) is 90.4 Å². The molecule has 0 aliphatic carbocycles. The summed E-state index contributed by atoms with van der Waals surface area (Å²) >= 11 is 0. The monoisotopic (exact) mass is 576 g/mol. The van der Waals surface area contributed by atoms with Crippen LogP contribution in [0.4, 0.5) is 30.7 Å².